The lowest BCUT2D eigenvalue weighted by molar-refractivity contribution is -0.113. The average Bonchev–Trinajstić information content (AvgIpc) is 3.50. The zero-order chi connectivity index (χ0) is 25.5. The summed E-state index contributed by atoms with van der Waals surface area (Å²) in [6, 6.07) is 11.5. The van der Waals surface area contributed by atoms with Crippen LogP contribution < -0.4 is 20.1 Å². The molecule has 2 aromatic carbocycles. The fourth-order valence-corrected chi connectivity index (χ4v) is 3.98. The van der Waals surface area contributed by atoms with E-state index >= 15 is 0 Å². The van der Waals surface area contributed by atoms with Crippen LogP contribution in [0.4, 0.5) is 5.69 Å². The molecule has 4 rings (SSSR count). The molecule has 0 saturated heterocycles. The van der Waals surface area contributed by atoms with Gasteiger partial charge in [0.1, 0.15) is 0 Å². The van der Waals surface area contributed by atoms with E-state index in [9.17, 15) is 14.4 Å². The average molecular weight is 512 g/mol. The van der Waals surface area contributed by atoms with Crippen LogP contribution in [0, 0.1) is 0 Å². The maximum atomic E-state index is 12.5. The van der Waals surface area contributed by atoms with Gasteiger partial charge in [0.25, 0.3) is 5.91 Å². The van der Waals surface area contributed by atoms with E-state index < -0.39 is 5.97 Å². The first kappa shape index (κ1) is 25.0. The molecule has 11 nitrogen and oxygen atoms in total. The van der Waals surface area contributed by atoms with Gasteiger partial charge in [-0.1, -0.05) is 24.8 Å². The molecule has 188 valence electrons. The van der Waals surface area contributed by atoms with Crippen LogP contribution in [0.15, 0.2) is 47.6 Å². The van der Waals surface area contributed by atoms with Gasteiger partial charge in [-0.25, -0.2) is 4.79 Å². The number of carbonyl (C=O) groups excluding carboxylic acids is 3. The van der Waals surface area contributed by atoms with Gasteiger partial charge in [0.2, 0.25) is 12.7 Å². The highest BCUT2D eigenvalue weighted by atomic mass is 32.2. The molecule has 36 heavy (non-hydrogen) atoms. The first-order chi connectivity index (χ1) is 17.4. The molecular formula is C24H25N5O6S. The van der Waals surface area contributed by atoms with Gasteiger partial charge in [-0.05, 0) is 42.8 Å². The molecule has 3 aromatic rings. The normalized spacial score (nSPS) is 11.7. The third kappa shape index (κ3) is 6.13. The van der Waals surface area contributed by atoms with E-state index in [1.54, 1.807) is 54.1 Å². The predicted octanol–water partition coefficient (Wildman–Crippen LogP) is 2.77. The van der Waals surface area contributed by atoms with Crippen molar-refractivity contribution in [2.45, 2.75) is 25.0 Å². The number of rotatable bonds is 10. The Labute approximate surface area is 211 Å². The van der Waals surface area contributed by atoms with Gasteiger partial charge in [0.05, 0.1) is 24.5 Å². The summed E-state index contributed by atoms with van der Waals surface area (Å²) in [5.41, 5.74) is 1.31. The fourth-order valence-electron chi connectivity index (χ4n) is 3.25. The minimum atomic E-state index is -0.431. The zero-order valence-corrected chi connectivity index (χ0v) is 20.6. The summed E-state index contributed by atoms with van der Waals surface area (Å²) < 4.78 is 17.4. The topological polar surface area (TPSA) is 134 Å². The molecule has 1 aliphatic rings. The minimum absolute atomic E-state index is 0.0834. The van der Waals surface area contributed by atoms with E-state index in [0.717, 1.165) is 6.42 Å². The standard InChI is InChI=1S/C24H25N5O6S/c1-3-9-33-23(32)16-5-4-6-17(10-16)26-21(30)13-36-24-28-27-20(29(24)2)12-25-22(31)15-7-8-18-19(11-15)35-14-34-18/h4-8,10-11H,3,9,12-14H2,1-2H3,(H,25,31)(H,26,30). The van der Waals surface area contributed by atoms with E-state index in [1.807, 2.05) is 6.92 Å². The summed E-state index contributed by atoms with van der Waals surface area (Å²) in [5.74, 6) is 0.768. The molecule has 0 bridgehead atoms. The largest absolute Gasteiger partial charge is 0.462 e. The second-order valence-electron chi connectivity index (χ2n) is 7.76. The Hall–Kier alpha value is -4.06. The highest BCUT2D eigenvalue weighted by molar-refractivity contribution is 7.99. The van der Waals surface area contributed by atoms with Crippen molar-refractivity contribution in [2.24, 2.45) is 7.05 Å². The van der Waals surface area contributed by atoms with Crippen LogP contribution in [-0.4, -0.2) is 51.7 Å². The van der Waals surface area contributed by atoms with E-state index in [1.165, 1.54) is 11.8 Å². The van der Waals surface area contributed by atoms with Crippen LogP contribution in [0.1, 0.15) is 39.9 Å². The van der Waals surface area contributed by atoms with E-state index in [4.69, 9.17) is 14.2 Å². The first-order valence-corrected chi connectivity index (χ1v) is 12.2. The number of hydrogen-bond acceptors (Lipinski definition) is 9. The van der Waals surface area contributed by atoms with Gasteiger partial charge in [0, 0.05) is 18.3 Å². The molecular weight excluding hydrogens is 486 g/mol. The predicted molar refractivity (Wildman–Crippen MR) is 131 cm³/mol. The maximum absolute atomic E-state index is 12.5. The van der Waals surface area contributed by atoms with E-state index in [2.05, 4.69) is 20.8 Å². The summed E-state index contributed by atoms with van der Waals surface area (Å²) >= 11 is 1.20. The molecule has 0 fully saturated rings. The summed E-state index contributed by atoms with van der Waals surface area (Å²) in [6.07, 6.45) is 0.732. The molecule has 2 N–H and O–H groups in total. The van der Waals surface area contributed by atoms with Gasteiger partial charge in [-0.15, -0.1) is 10.2 Å². The van der Waals surface area contributed by atoms with Crippen molar-refractivity contribution in [3.63, 3.8) is 0 Å². The molecule has 0 atom stereocenters. The Bertz CT molecular complexity index is 1280. The highest BCUT2D eigenvalue weighted by Gasteiger charge is 2.17. The summed E-state index contributed by atoms with van der Waals surface area (Å²) in [7, 11) is 1.76. The van der Waals surface area contributed by atoms with Crippen molar-refractivity contribution in [1.29, 1.82) is 0 Å². The molecule has 1 aromatic heterocycles. The quantitative estimate of drug-likeness (QED) is 0.311. The second kappa shape index (κ2) is 11.6. The van der Waals surface area contributed by atoms with Gasteiger partial charge in [0.15, 0.2) is 22.5 Å². The Morgan fingerprint density at radius 3 is 2.75 bits per heavy atom. The number of esters is 1. The molecule has 0 saturated carbocycles. The van der Waals surface area contributed by atoms with Gasteiger partial charge in [-0.3, -0.25) is 9.59 Å². The van der Waals surface area contributed by atoms with Crippen molar-refractivity contribution in [3.8, 4) is 11.5 Å². The summed E-state index contributed by atoms with van der Waals surface area (Å²) in [6.45, 7) is 2.55. The lowest BCUT2D eigenvalue weighted by Gasteiger charge is -2.08. The van der Waals surface area contributed by atoms with Crippen molar-refractivity contribution >= 4 is 35.2 Å². The highest BCUT2D eigenvalue weighted by Crippen LogP contribution is 2.32. The third-order valence-electron chi connectivity index (χ3n) is 5.12. The van der Waals surface area contributed by atoms with Crippen LogP contribution in [-0.2, 0) is 23.1 Å². The number of hydrogen-bond donors (Lipinski definition) is 2. The maximum Gasteiger partial charge on any atom is 0.338 e. The molecule has 2 heterocycles. The number of nitrogens with zero attached hydrogens (tertiary/aromatic N) is 3. The van der Waals surface area contributed by atoms with Crippen LogP contribution in [0.5, 0.6) is 11.5 Å². The van der Waals surface area contributed by atoms with Crippen molar-refractivity contribution in [3.05, 3.63) is 59.4 Å². The third-order valence-corrected chi connectivity index (χ3v) is 6.14. The molecule has 1 aliphatic heterocycles. The fraction of sp³-hybridized carbons (Fsp3) is 0.292. The van der Waals surface area contributed by atoms with E-state index in [-0.39, 0.29) is 30.9 Å². The van der Waals surface area contributed by atoms with Crippen LogP contribution in [0.25, 0.3) is 0 Å². The molecule has 0 spiro atoms. The van der Waals surface area contributed by atoms with Gasteiger partial charge in [-0.2, -0.15) is 0 Å². The molecule has 0 unspecified atom stereocenters. The molecule has 0 radical (unpaired) electrons. The lowest BCUT2D eigenvalue weighted by atomic mass is 10.2. The first-order valence-electron chi connectivity index (χ1n) is 11.2. The van der Waals surface area contributed by atoms with Crippen LogP contribution in [0.2, 0.25) is 0 Å². The summed E-state index contributed by atoms with van der Waals surface area (Å²) in [5, 5.41) is 14.3. The van der Waals surface area contributed by atoms with Crippen molar-refractivity contribution in [1.82, 2.24) is 20.1 Å². The monoisotopic (exact) mass is 511 g/mol. The van der Waals surface area contributed by atoms with E-state index in [0.29, 0.717) is 45.9 Å². The number of thioether (sulfide) groups is 1. The zero-order valence-electron chi connectivity index (χ0n) is 19.8. The minimum Gasteiger partial charge on any atom is -0.462 e. The van der Waals surface area contributed by atoms with Crippen molar-refractivity contribution in [2.75, 3.05) is 24.5 Å². The Balaban J connectivity index is 1.27. The number of amides is 2. The number of fused-ring (bicyclic) bond motifs is 1. The number of benzene rings is 2. The molecule has 2 amide bonds. The Morgan fingerprint density at radius 2 is 1.92 bits per heavy atom. The number of ether oxygens (including phenoxy) is 3. The Kier molecular flexibility index (Phi) is 8.06. The van der Waals surface area contributed by atoms with Crippen LogP contribution >= 0.6 is 11.8 Å². The van der Waals surface area contributed by atoms with Gasteiger partial charge < -0.3 is 29.4 Å². The Morgan fingerprint density at radius 1 is 1.08 bits per heavy atom. The second-order valence-corrected chi connectivity index (χ2v) is 8.70. The number of nitrogens with one attached hydrogen (secondary N) is 2. The van der Waals surface area contributed by atoms with Gasteiger partial charge >= 0.3 is 5.97 Å². The summed E-state index contributed by atoms with van der Waals surface area (Å²) in [4.78, 5) is 36.9. The number of aromatic nitrogens is 3. The molecule has 12 heteroatoms. The lowest BCUT2D eigenvalue weighted by Crippen LogP contribution is -2.24. The number of carbonyl (C=O) groups is 3. The molecule has 0 aliphatic carbocycles. The smallest absolute Gasteiger partial charge is 0.338 e. The van der Waals surface area contributed by atoms with Crippen LogP contribution in [0.3, 0.4) is 0 Å². The number of anilines is 1. The SMILES string of the molecule is CCCOC(=O)c1cccc(NC(=O)CSc2nnc(CNC(=O)c3ccc4c(c3)OCO4)n2C)c1. The van der Waals surface area contributed by atoms with Crippen molar-refractivity contribution < 1.29 is 28.6 Å².